The summed E-state index contributed by atoms with van der Waals surface area (Å²) in [5, 5.41) is 8.69. The Morgan fingerprint density at radius 1 is 1.09 bits per heavy atom. The summed E-state index contributed by atoms with van der Waals surface area (Å²) < 4.78 is 1.31. The van der Waals surface area contributed by atoms with Crippen LogP contribution in [-0.2, 0) is 11.3 Å². The summed E-state index contributed by atoms with van der Waals surface area (Å²) >= 11 is 1.42. The topological polar surface area (TPSA) is 76.3 Å². The molecule has 0 unspecified atom stereocenters. The summed E-state index contributed by atoms with van der Waals surface area (Å²) in [4.78, 5) is 30.7. The highest BCUT2D eigenvalue weighted by Gasteiger charge is 2.14. The molecule has 0 fully saturated rings. The third-order valence-electron chi connectivity index (χ3n) is 5.45. The summed E-state index contributed by atoms with van der Waals surface area (Å²) in [5.41, 5.74) is 6.09. The van der Waals surface area contributed by atoms with Crippen molar-refractivity contribution < 1.29 is 4.79 Å². The number of hydrogen-bond acceptors (Lipinski definition) is 5. The Morgan fingerprint density at radius 3 is 2.73 bits per heavy atom. The fourth-order valence-electron chi connectivity index (χ4n) is 3.75. The molecule has 0 bridgehead atoms. The number of hydrogen-bond donors (Lipinski definition) is 1. The molecule has 7 heteroatoms. The second-order valence-electron chi connectivity index (χ2n) is 7.73. The van der Waals surface area contributed by atoms with Crippen LogP contribution < -0.4 is 11.0 Å². The molecule has 6 nitrogen and oxygen atoms in total. The number of aromatic nitrogens is 2. The molecule has 0 aliphatic heterocycles. The summed E-state index contributed by atoms with van der Waals surface area (Å²) in [6, 6.07) is 21.9. The van der Waals surface area contributed by atoms with Crippen LogP contribution in [0.2, 0.25) is 0 Å². The maximum atomic E-state index is 13.1. The van der Waals surface area contributed by atoms with Gasteiger partial charge in [0.1, 0.15) is 11.4 Å². The normalized spacial score (nSPS) is 11.4. The largest absolute Gasteiger partial charge is 0.289 e. The molecule has 5 rings (SSSR count). The van der Waals surface area contributed by atoms with Crippen molar-refractivity contribution in [3.63, 3.8) is 0 Å². The Hall–Kier alpha value is -4.10. The van der Waals surface area contributed by atoms with Crippen molar-refractivity contribution >= 4 is 44.4 Å². The predicted molar refractivity (Wildman–Crippen MR) is 134 cm³/mol. The fourth-order valence-corrected chi connectivity index (χ4v) is 4.66. The van der Waals surface area contributed by atoms with Gasteiger partial charge in [0.15, 0.2) is 0 Å². The van der Waals surface area contributed by atoms with Crippen LogP contribution in [-0.4, -0.2) is 21.7 Å². The van der Waals surface area contributed by atoms with E-state index in [2.05, 4.69) is 15.5 Å². The lowest BCUT2D eigenvalue weighted by molar-refractivity contribution is -0.121. The smallest absolute Gasteiger partial charge is 0.263 e. The first-order chi connectivity index (χ1) is 16.1. The molecule has 0 atom stereocenters. The van der Waals surface area contributed by atoms with E-state index in [1.165, 1.54) is 22.2 Å². The fraction of sp³-hybridized carbons (Fsp3) is 0.0769. The van der Waals surface area contributed by atoms with Crippen LogP contribution in [0.5, 0.6) is 0 Å². The highest BCUT2D eigenvalue weighted by molar-refractivity contribution is 7.17. The van der Waals surface area contributed by atoms with Crippen LogP contribution in [0, 0.1) is 6.92 Å². The Balaban J connectivity index is 1.36. The molecule has 1 amide bonds. The van der Waals surface area contributed by atoms with Crippen molar-refractivity contribution in [2.24, 2.45) is 5.10 Å². The molecule has 0 radical (unpaired) electrons. The molecule has 5 aromatic rings. The second kappa shape index (κ2) is 8.80. The number of nitrogens with zero attached hydrogens (tertiary/aromatic N) is 3. The van der Waals surface area contributed by atoms with Gasteiger partial charge in [-0.05, 0) is 23.3 Å². The molecule has 0 saturated carbocycles. The van der Waals surface area contributed by atoms with E-state index in [4.69, 9.17) is 0 Å². The Labute approximate surface area is 193 Å². The average Bonchev–Trinajstić information content (AvgIpc) is 3.26. The highest BCUT2D eigenvalue weighted by Crippen LogP contribution is 2.30. The number of carbonyl (C=O) groups excluding carboxylic acids is 1. The number of fused-ring (bicyclic) bond motifs is 2. The maximum absolute atomic E-state index is 13.1. The van der Waals surface area contributed by atoms with Gasteiger partial charge in [0.2, 0.25) is 0 Å². The number of rotatable bonds is 5. The third-order valence-corrected chi connectivity index (χ3v) is 6.34. The number of hydrazone groups is 1. The molecule has 2 aromatic heterocycles. The van der Waals surface area contributed by atoms with Gasteiger partial charge in [0.05, 0.1) is 17.9 Å². The minimum absolute atomic E-state index is 0.169. The van der Waals surface area contributed by atoms with Crippen LogP contribution in [0.4, 0.5) is 0 Å². The van der Waals surface area contributed by atoms with Crippen LogP contribution in [0.15, 0.2) is 88.3 Å². The number of nitrogens with one attached hydrogen (secondary N) is 1. The molecule has 0 saturated heterocycles. The van der Waals surface area contributed by atoms with Gasteiger partial charge in [-0.1, -0.05) is 72.3 Å². The first kappa shape index (κ1) is 20.8. The van der Waals surface area contributed by atoms with Crippen molar-refractivity contribution in [2.75, 3.05) is 0 Å². The molecule has 0 aliphatic carbocycles. The van der Waals surface area contributed by atoms with E-state index in [9.17, 15) is 9.59 Å². The SMILES string of the molecule is Cc1ccc(-c2csc3ncn(CC(=O)N/N=C/c4cccc5ccccc45)c(=O)c23)cc1. The molecule has 1 N–H and O–H groups in total. The summed E-state index contributed by atoms with van der Waals surface area (Å²) in [5.74, 6) is -0.401. The summed E-state index contributed by atoms with van der Waals surface area (Å²) in [6.45, 7) is 1.85. The number of thiophene rings is 1. The standard InChI is InChI=1S/C26H20N4O2S/c1-17-9-11-19(12-10-17)22-15-33-25-24(22)26(32)30(16-27-25)14-23(31)29-28-13-20-7-4-6-18-5-2-3-8-21(18)20/h2-13,15-16H,14H2,1H3,(H,29,31)/b28-13+. The highest BCUT2D eigenvalue weighted by atomic mass is 32.1. The minimum atomic E-state index is -0.401. The maximum Gasteiger partial charge on any atom is 0.263 e. The molecular weight excluding hydrogens is 432 g/mol. The minimum Gasteiger partial charge on any atom is -0.289 e. The van der Waals surface area contributed by atoms with Gasteiger partial charge in [-0.25, -0.2) is 10.4 Å². The zero-order valence-electron chi connectivity index (χ0n) is 17.9. The second-order valence-corrected chi connectivity index (χ2v) is 8.59. The van der Waals surface area contributed by atoms with Gasteiger partial charge < -0.3 is 0 Å². The van der Waals surface area contributed by atoms with Crippen molar-refractivity contribution in [1.29, 1.82) is 0 Å². The van der Waals surface area contributed by atoms with E-state index < -0.39 is 5.91 Å². The molecule has 0 aliphatic rings. The van der Waals surface area contributed by atoms with E-state index >= 15 is 0 Å². The molecular formula is C26H20N4O2S. The van der Waals surface area contributed by atoms with E-state index in [1.54, 1.807) is 6.21 Å². The third kappa shape index (κ3) is 4.18. The van der Waals surface area contributed by atoms with Crippen LogP contribution >= 0.6 is 11.3 Å². The van der Waals surface area contributed by atoms with E-state index in [0.29, 0.717) is 10.2 Å². The van der Waals surface area contributed by atoms with Gasteiger partial charge in [0, 0.05) is 16.5 Å². The zero-order valence-corrected chi connectivity index (χ0v) is 18.7. The van der Waals surface area contributed by atoms with Gasteiger partial charge >= 0.3 is 0 Å². The monoisotopic (exact) mass is 452 g/mol. The Bertz CT molecular complexity index is 1560. The zero-order chi connectivity index (χ0) is 22.8. The number of carbonyl (C=O) groups is 1. The van der Waals surface area contributed by atoms with Gasteiger partial charge in [0.25, 0.3) is 11.5 Å². The lowest BCUT2D eigenvalue weighted by Crippen LogP contribution is -2.30. The van der Waals surface area contributed by atoms with Crippen molar-refractivity contribution in [3.8, 4) is 11.1 Å². The number of amides is 1. The van der Waals surface area contributed by atoms with Crippen molar-refractivity contribution in [2.45, 2.75) is 13.5 Å². The molecule has 33 heavy (non-hydrogen) atoms. The summed E-state index contributed by atoms with van der Waals surface area (Å²) in [6.07, 6.45) is 3.02. The first-order valence-corrected chi connectivity index (χ1v) is 11.3. The molecule has 0 spiro atoms. The lowest BCUT2D eigenvalue weighted by atomic mass is 10.1. The van der Waals surface area contributed by atoms with E-state index in [-0.39, 0.29) is 12.1 Å². The predicted octanol–water partition coefficient (Wildman–Crippen LogP) is 4.74. The molecule has 162 valence electrons. The van der Waals surface area contributed by atoms with Crippen LogP contribution in [0.25, 0.3) is 32.1 Å². The number of benzene rings is 3. The lowest BCUT2D eigenvalue weighted by Gasteiger charge is -2.06. The van der Waals surface area contributed by atoms with Crippen LogP contribution in [0.1, 0.15) is 11.1 Å². The average molecular weight is 453 g/mol. The first-order valence-electron chi connectivity index (χ1n) is 10.4. The van der Waals surface area contributed by atoms with Gasteiger partial charge in [-0.2, -0.15) is 5.10 Å². The Morgan fingerprint density at radius 2 is 1.88 bits per heavy atom. The van der Waals surface area contributed by atoms with Crippen molar-refractivity contribution in [1.82, 2.24) is 15.0 Å². The van der Waals surface area contributed by atoms with Crippen molar-refractivity contribution in [3.05, 3.63) is 99.9 Å². The number of aryl methyl sites for hydroxylation is 1. The van der Waals surface area contributed by atoms with Crippen LogP contribution in [0.3, 0.4) is 0 Å². The van der Waals surface area contributed by atoms with Gasteiger partial charge in [-0.3, -0.25) is 14.2 Å². The molecule has 2 heterocycles. The van der Waals surface area contributed by atoms with Gasteiger partial charge in [-0.15, -0.1) is 11.3 Å². The molecule has 3 aromatic carbocycles. The summed E-state index contributed by atoms with van der Waals surface area (Å²) in [7, 11) is 0. The Kier molecular flexibility index (Phi) is 5.54. The van der Waals surface area contributed by atoms with E-state index in [0.717, 1.165) is 33.0 Å². The quantitative estimate of drug-likeness (QED) is 0.309. The van der Waals surface area contributed by atoms with E-state index in [1.807, 2.05) is 79.0 Å².